The molecule has 1 aromatic rings. The van der Waals surface area contributed by atoms with Crippen molar-refractivity contribution in [3.8, 4) is 0 Å². The van der Waals surface area contributed by atoms with Crippen molar-refractivity contribution in [2.45, 2.75) is 19.0 Å². The number of rotatable bonds is 2. The minimum atomic E-state index is -0.631. The summed E-state index contributed by atoms with van der Waals surface area (Å²) < 4.78 is 13.2. The second-order valence-corrected chi connectivity index (χ2v) is 4.63. The molecule has 0 aliphatic carbocycles. The molecule has 0 bridgehead atoms. The minimum absolute atomic E-state index is 0.0311. The Morgan fingerprint density at radius 1 is 1.50 bits per heavy atom. The summed E-state index contributed by atoms with van der Waals surface area (Å²) in [5.41, 5.74) is 0.627. The number of anilines is 1. The predicted molar refractivity (Wildman–Crippen MR) is 66.9 cm³/mol. The smallest absolute Gasteiger partial charge is 0.247 e. The van der Waals surface area contributed by atoms with Crippen LogP contribution in [0.1, 0.15) is 6.92 Å². The molecule has 1 N–H and O–H groups in total. The molecule has 1 heterocycles. The minimum Gasteiger partial charge on any atom is -0.394 e. The van der Waals surface area contributed by atoms with Crippen LogP contribution in [0.25, 0.3) is 0 Å². The van der Waals surface area contributed by atoms with Gasteiger partial charge in [0.1, 0.15) is 11.9 Å². The van der Waals surface area contributed by atoms with E-state index in [9.17, 15) is 14.3 Å². The molecule has 0 aromatic heterocycles. The van der Waals surface area contributed by atoms with Crippen molar-refractivity contribution in [3.63, 3.8) is 0 Å². The van der Waals surface area contributed by atoms with Crippen LogP contribution in [0.4, 0.5) is 10.1 Å². The number of likely N-dealkylation sites (N-methyl/N-ethyl adjacent to an activating group) is 1. The molecule has 0 radical (unpaired) electrons. The number of aliphatic hydroxyl groups is 1. The Kier molecular flexibility index (Phi) is 3.52. The average molecular weight is 252 g/mol. The van der Waals surface area contributed by atoms with Crippen molar-refractivity contribution in [2.24, 2.45) is 0 Å². The third-order valence-corrected chi connectivity index (χ3v) is 3.44. The summed E-state index contributed by atoms with van der Waals surface area (Å²) in [4.78, 5) is 15.4. The zero-order valence-electron chi connectivity index (χ0n) is 10.5. The molecule has 5 heteroatoms. The zero-order valence-corrected chi connectivity index (χ0v) is 10.5. The number of carbonyl (C=O) groups excluding carboxylic acids is 1. The first-order valence-electron chi connectivity index (χ1n) is 5.94. The fraction of sp³-hybridized carbons (Fsp3) is 0.462. The molecule has 2 rings (SSSR count). The van der Waals surface area contributed by atoms with Gasteiger partial charge in [-0.15, -0.1) is 0 Å². The van der Waals surface area contributed by atoms with Gasteiger partial charge in [0.25, 0.3) is 0 Å². The summed E-state index contributed by atoms with van der Waals surface area (Å²) in [5.74, 6) is -0.483. The standard InChI is InChI=1S/C13H17FN2O2/c1-9-7-16(11-5-3-4-10(14)6-11)12(8-17)13(18)15(9)2/h3-6,9,12,17H,7-8H2,1-2H3. The highest BCUT2D eigenvalue weighted by Crippen LogP contribution is 2.23. The lowest BCUT2D eigenvalue weighted by molar-refractivity contribution is -0.136. The molecule has 1 aliphatic heterocycles. The third-order valence-electron chi connectivity index (χ3n) is 3.44. The third kappa shape index (κ3) is 2.18. The Hall–Kier alpha value is -1.62. The summed E-state index contributed by atoms with van der Waals surface area (Å²) in [5, 5.41) is 9.38. The van der Waals surface area contributed by atoms with Crippen LogP contribution in [0.15, 0.2) is 24.3 Å². The lowest BCUT2D eigenvalue weighted by Gasteiger charge is -2.43. The van der Waals surface area contributed by atoms with Gasteiger partial charge in [0.15, 0.2) is 0 Å². The van der Waals surface area contributed by atoms with E-state index in [1.807, 2.05) is 6.92 Å². The van der Waals surface area contributed by atoms with E-state index in [1.54, 1.807) is 29.0 Å². The number of halogens is 1. The Balaban J connectivity index is 2.33. The first-order valence-corrected chi connectivity index (χ1v) is 5.94. The predicted octanol–water partition coefficient (Wildman–Crippen LogP) is 0.853. The molecule has 1 amide bonds. The van der Waals surface area contributed by atoms with Crippen LogP contribution in [0.3, 0.4) is 0 Å². The van der Waals surface area contributed by atoms with Crippen molar-refractivity contribution in [1.82, 2.24) is 4.90 Å². The fourth-order valence-corrected chi connectivity index (χ4v) is 2.24. The molecule has 98 valence electrons. The topological polar surface area (TPSA) is 43.8 Å². The van der Waals surface area contributed by atoms with Gasteiger partial charge < -0.3 is 14.9 Å². The molecule has 2 atom stereocenters. The maximum Gasteiger partial charge on any atom is 0.247 e. The van der Waals surface area contributed by atoms with E-state index in [1.165, 1.54) is 12.1 Å². The number of benzene rings is 1. The van der Waals surface area contributed by atoms with E-state index in [4.69, 9.17) is 0 Å². The second kappa shape index (κ2) is 4.94. The first-order chi connectivity index (χ1) is 8.54. The Morgan fingerprint density at radius 2 is 2.22 bits per heavy atom. The van der Waals surface area contributed by atoms with E-state index < -0.39 is 6.04 Å². The monoisotopic (exact) mass is 252 g/mol. The van der Waals surface area contributed by atoms with Gasteiger partial charge in [-0.25, -0.2) is 4.39 Å². The van der Waals surface area contributed by atoms with Gasteiger partial charge >= 0.3 is 0 Å². The van der Waals surface area contributed by atoms with Gasteiger partial charge in [0, 0.05) is 25.3 Å². The van der Waals surface area contributed by atoms with Crippen LogP contribution in [0.5, 0.6) is 0 Å². The molecule has 1 saturated heterocycles. The fourth-order valence-electron chi connectivity index (χ4n) is 2.24. The maximum atomic E-state index is 13.2. The highest BCUT2D eigenvalue weighted by atomic mass is 19.1. The normalized spacial score (nSPS) is 24.6. The van der Waals surface area contributed by atoms with Crippen molar-refractivity contribution in [3.05, 3.63) is 30.1 Å². The number of carbonyl (C=O) groups is 1. The molecule has 18 heavy (non-hydrogen) atoms. The van der Waals surface area contributed by atoms with E-state index >= 15 is 0 Å². The van der Waals surface area contributed by atoms with E-state index in [0.29, 0.717) is 12.2 Å². The Morgan fingerprint density at radius 3 is 2.83 bits per heavy atom. The summed E-state index contributed by atoms with van der Waals surface area (Å²) in [6.45, 7) is 2.24. The number of hydrogen-bond acceptors (Lipinski definition) is 3. The quantitative estimate of drug-likeness (QED) is 0.848. The number of piperazine rings is 1. The summed E-state index contributed by atoms with van der Waals surface area (Å²) in [6, 6.07) is 5.49. The molecule has 1 aliphatic rings. The molecule has 1 aromatic carbocycles. The molecular formula is C13H17FN2O2. The first kappa shape index (κ1) is 12.8. The Bertz CT molecular complexity index is 452. The van der Waals surface area contributed by atoms with Crippen molar-refractivity contribution in [1.29, 1.82) is 0 Å². The van der Waals surface area contributed by atoms with Crippen LogP contribution in [0, 0.1) is 5.82 Å². The van der Waals surface area contributed by atoms with Crippen molar-refractivity contribution < 1.29 is 14.3 Å². The molecular weight excluding hydrogens is 235 g/mol. The summed E-state index contributed by atoms with van der Waals surface area (Å²) in [7, 11) is 1.72. The van der Waals surface area contributed by atoms with Crippen LogP contribution in [-0.4, -0.2) is 48.2 Å². The molecule has 4 nitrogen and oxygen atoms in total. The molecule has 2 unspecified atom stereocenters. The van der Waals surface area contributed by atoms with Crippen LogP contribution in [0.2, 0.25) is 0 Å². The second-order valence-electron chi connectivity index (χ2n) is 4.63. The highest BCUT2D eigenvalue weighted by Gasteiger charge is 2.36. The summed E-state index contributed by atoms with van der Waals surface area (Å²) >= 11 is 0. The highest BCUT2D eigenvalue weighted by molar-refractivity contribution is 5.87. The van der Waals surface area contributed by atoms with Gasteiger partial charge in [-0.1, -0.05) is 6.07 Å². The largest absolute Gasteiger partial charge is 0.394 e. The lowest BCUT2D eigenvalue weighted by Crippen LogP contribution is -2.61. The van der Waals surface area contributed by atoms with Gasteiger partial charge in [-0.2, -0.15) is 0 Å². The lowest BCUT2D eigenvalue weighted by atomic mass is 10.1. The van der Waals surface area contributed by atoms with E-state index in [0.717, 1.165) is 0 Å². The van der Waals surface area contributed by atoms with E-state index in [-0.39, 0.29) is 24.4 Å². The van der Waals surface area contributed by atoms with Crippen molar-refractivity contribution in [2.75, 3.05) is 25.1 Å². The Labute approximate surface area is 106 Å². The van der Waals surface area contributed by atoms with Crippen LogP contribution in [-0.2, 0) is 4.79 Å². The molecule has 0 saturated carbocycles. The van der Waals surface area contributed by atoms with Gasteiger partial charge in [-0.05, 0) is 25.1 Å². The number of nitrogens with zero attached hydrogens (tertiary/aromatic N) is 2. The zero-order chi connectivity index (χ0) is 13.3. The maximum absolute atomic E-state index is 13.2. The van der Waals surface area contributed by atoms with Crippen LogP contribution < -0.4 is 4.90 Å². The number of amides is 1. The van der Waals surface area contributed by atoms with Gasteiger partial charge in [0.2, 0.25) is 5.91 Å². The average Bonchev–Trinajstić information content (AvgIpc) is 2.35. The SMILES string of the molecule is CC1CN(c2cccc(F)c2)C(CO)C(=O)N1C. The molecule has 0 spiro atoms. The number of hydrogen-bond donors (Lipinski definition) is 1. The summed E-state index contributed by atoms with van der Waals surface area (Å²) in [6.07, 6.45) is 0. The van der Waals surface area contributed by atoms with Crippen LogP contribution >= 0.6 is 0 Å². The van der Waals surface area contributed by atoms with E-state index in [2.05, 4.69) is 0 Å². The molecule has 1 fully saturated rings. The number of aliphatic hydroxyl groups excluding tert-OH is 1. The van der Waals surface area contributed by atoms with Crippen molar-refractivity contribution >= 4 is 11.6 Å². The van der Waals surface area contributed by atoms with Gasteiger partial charge in [0.05, 0.1) is 6.61 Å². The van der Waals surface area contributed by atoms with Gasteiger partial charge in [-0.3, -0.25) is 4.79 Å².